The molecule has 0 bridgehead atoms. The molecule has 0 fully saturated rings. The fourth-order valence-corrected chi connectivity index (χ4v) is 3.54. The summed E-state index contributed by atoms with van der Waals surface area (Å²) in [4.78, 5) is 21.7. The molecule has 1 aromatic carbocycles. The number of rotatable bonds is 5. The van der Waals surface area contributed by atoms with E-state index in [1.54, 1.807) is 29.7 Å². The second-order valence-corrected chi connectivity index (χ2v) is 7.03. The van der Waals surface area contributed by atoms with Crippen molar-refractivity contribution in [2.24, 2.45) is 0 Å². The van der Waals surface area contributed by atoms with E-state index in [0.29, 0.717) is 17.9 Å². The Morgan fingerprint density at radius 3 is 2.78 bits per heavy atom. The summed E-state index contributed by atoms with van der Waals surface area (Å²) in [6, 6.07) is 13.4. The largest absolute Gasteiger partial charge is 0.407 e. The van der Waals surface area contributed by atoms with E-state index in [4.69, 9.17) is 4.42 Å². The number of hydrogen-bond donors (Lipinski definition) is 1. The second kappa shape index (κ2) is 7.46. The standard InChI is InChI=1S/C19H15N5O2S/c1-12-21-17(13-6-3-2-4-7-13)15(27-12)10-16-23-24-19(26-16)22-18(25)14-8-5-9-20-11-14/h2-9,11H,10H2,1H3,(H,22,24,25). The Kier molecular flexibility index (Phi) is 4.71. The minimum Gasteiger partial charge on any atom is -0.407 e. The van der Waals surface area contributed by atoms with E-state index in [0.717, 1.165) is 21.1 Å². The molecule has 7 nitrogen and oxygen atoms in total. The van der Waals surface area contributed by atoms with Crippen LogP contribution in [0.3, 0.4) is 0 Å². The number of nitrogens with one attached hydrogen (secondary N) is 1. The first-order valence-electron chi connectivity index (χ1n) is 8.24. The molecule has 0 unspecified atom stereocenters. The number of carbonyl (C=O) groups is 1. The van der Waals surface area contributed by atoms with Crippen molar-refractivity contribution in [2.75, 3.05) is 5.32 Å². The van der Waals surface area contributed by atoms with Crippen LogP contribution in [0.15, 0.2) is 59.3 Å². The minimum absolute atomic E-state index is 0.0568. The number of carbonyl (C=O) groups excluding carboxylic acids is 1. The zero-order valence-corrected chi connectivity index (χ0v) is 15.2. The summed E-state index contributed by atoms with van der Waals surface area (Å²) in [7, 11) is 0. The summed E-state index contributed by atoms with van der Waals surface area (Å²) >= 11 is 1.59. The molecule has 0 aliphatic rings. The molecule has 3 aromatic heterocycles. The smallest absolute Gasteiger partial charge is 0.322 e. The minimum atomic E-state index is -0.350. The molecule has 8 heteroatoms. The molecule has 0 spiro atoms. The summed E-state index contributed by atoms with van der Waals surface area (Å²) < 4.78 is 5.58. The summed E-state index contributed by atoms with van der Waals surface area (Å²) in [5, 5.41) is 11.5. The van der Waals surface area contributed by atoms with Crippen molar-refractivity contribution in [1.29, 1.82) is 0 Å². The predicted octanol–water partition coefficient (Wildman–Crippen LogP) is 3.74. The molecule has 0 aliphatic heterocycles. The van der Waals surface area contributed by atoms with Gasteiger partial charge < -0.3 is 4.42 Å². The third-order valence-corrected chi connectivity index (χ3v) is 4.75. The van der Waals surface area contributed by atoms with Gasteiger partial charge in [0.2, 0.25) is 5.89 Å². The van der Waals surface area contributed by atoms with Crippen LogP contribution in [0.5, 0.6) is 0 Å². The molecule has 27 heavy (non-hydrogen) atoms. The first kappa shape index (κ1) is 17.0. The van der Waals surface area contributed by atoms with Crippen molar-refractivity contribution in [3.8, 4) is 11.3 Å². The average Bonchev–Trinajstić information content (AvgIpc) is 3.29. The van der Waals surface area contributed by atoms with Gasteiger partial charge in [-0.2, -0.15) is 0 Å². The number of hydrogen-bond acceptors (Lipinski definition) is 7. The van der Waals surface area contributed by atoms with Gasteiger partial charge in [-0.25, -0.2) is 4.98 Å². The summed E-state index contributed by atoms with van der Waals surface area (Å²) in [5.41, 5.74) is 2.38. The first-order chi connectivity index (χ1) is 13.2. The van der Waals surface area contributed by atoms with Crippen molar-refractivity contribution < 1.29 is 9.21 Å². The number of aryl methyl sites for hydroxylation is 1. The number of nitrogens with zero attached hydrogens (tertiary/aromatic N) is 4. The van der Waals surface area contributed by atoms with Crippen LogP contribution < -0.4 is 5.32 Å². The molecule has 4 rings (SSSR count). The number of aromatic nitrogens is 4. The van der Waals surface area contributed by atoms with Crippen molar-refractivity contribution in [2.45, 2.75) is 13.3 Å². The van der Waals surface area contributed by atoms with Crippen molar-refractivity contribution >= 4 is 23.3 Å². The lowest BCUT2D eigenvalue weighted by Gasteiger charge is -2.00. The van der Waals surface area contributed by atoms with E-state index in [1.165, 1.54) is 6.20 Å². The molecule has 0 aliphatic carbocycles. The van der Waals surface area contributed by atoms with Crippen molar-refractivity contribution in [3.63, 3.8) is 0 Å². The lowest BCUT2D eigenvalue weighted by molar-refractivity contribution is 0.102. The Morgan fingerprint density at radius 1 is 1.15 bits per heavy atom. The lowest BCUT2D eigenvalue weighted by atomic mass is 10.1. The molecule has 0 radical (unpaired) electrons. The van der Waals surface area contributed by atoms with Gasteiger partial charge in [0, 0.05) is 22.8 Å². The lowest BCUT2D eigenvalue weighted by Crippen LogP contribution is -2.12. The maximum absolute atomic E-state index is 12.1. The van der Waals surface area contributed by atoms with Crippen LogP contribution in [-0.2, 0) is 6.42 Å². The average molecular weight is 377 g/mol. The topological polar surface area (TPSA) is 93.8 Å². The summed E-state index contributed by atoms with van der Waals surface area (Å²) in [6.07, 6.45) is 3.52. The van der Waals surface area contributed by atoms with Gasteiger partial charge in [-0.15, -0.1) is 16.4 Å². The number of anilines is 1. The van der Waals surface area contributed by atoms with Gasteiger partial charge >= 0.3 is 6.01 Å². The highest BCUT2D eigenvalue weighted by Crippen LogP contribution is 2.29. The highest BCUT2D eigenvalue weighted by atomic mass is 32.1. The summed E-state index contributed by atoms with van der Waals surface area (Å²) in [6.45, 7) is 1.97. The highest BCUT2D eigenvalue weighted by molar-refractivity contribution is 7.12. The van der Waals surface area contributed by atoms with Crippen LogP contribution >= 0.6 is 11.3 Å². The van der Waals surface area contributed by atoms with Crippen molar-refractivity contribution in [3.05, 3.63) is 76.2 Å². The highest BCUT2D eigenvalue weighted by Gasteiger charge is 2.16. The van der Waals surface area contributed by atoms with Gasteiger partial charge in [-0.05, 0) is 19.1 Å². The number of benzene rings is 1. The molecular formula is C19H15N5O2S. The molecule has 1 amide bonds. The van der Waals surface area contributed by atoms with E-state index in [1.807, 2.05) is 37.3 Å². The normalized spacial score (nSPS) is 10.7. The van der Waals surface area contributed by atoms with Crippen LogP contribution in [0, 0.1) is 6.92 Å². The van der Waals surface area contributed by atoms with E-state index in [9.17, 15) is 4.79 Å². The fourth-order valence-electron chi connectivity index (χ4n) is 2.59. The Balaban J connectivity index is 1.51. The van der Waals surface area contributed by atoms with Crippen LogP contribution in [0.1, 0.15) is 26.1 Å². The van der Waals surface area contributed by atoms with E-state index < -0.39 is 0 Å². The van der Waals surface area contributed by atoms with Gasteiger partial charge in [0.05, 0.1) is 22.7 Å². The third kappa shape index (κ3) is 3.90. The molecular weight excluding hydrogens is 362 g/mol. The van der Waals surface area contributed by atoms with Crippen LogP contribution in [0.2, 0.25) is 0 Å². The van der Waals surface area contributed by atoms with Gasteiger partial charge in [0.25, 0.3) is 5.91 Å². The molecule has 0 saturated heterocycles. The van der Waals surface area contributed by atoms with E-state index in [2.05, 4.69) is 25.5 Å². The maximum Gasteiger partial charge on any atom is 0.322 e. The van der Waals surface area contributed by atoms with E-state index in [-0.39, 0.29) is 11.9 Å². The van der Waals surface area contributed by atoms with Gasteiger partial charge in [-0.3, -0.25) is 15.1 Å². The molecule has 0 atom stereocenters. The van der Waals surface area contributed by atoms with Crippen LogP contribution in [0.4, 0.5) is 6.01 Å². The Labute approximate surface area is 159 Å². The Bertz CT molecular complexity index is 1060. The van der Waals surface area contributed by atoms with Gasteiger partial charge in [0.1, 0.15) is 0 Å². The summed E-state index contributed by atoms with van der Waals surface area (Å²) in [5.74, 6) is 0.0641. The molecule has 0 saturated carbocycles. The first-order valence-corrected chi connectivity index (χ1v) is 9.06. The molecule has 134 valence electrons. The van der Waals surface area contributed by atoms with Crippen molar-refractivity contribution in [1.82, 2.24) is 20.2 Å². The Hall–Kier alpha value is -3.39. The van der Waals surface area contributed by atoms with Crippen LogP contribution in [0.25, 0.3) is 11.3 Å². The monoisotopic (exact) mass is 377 g/mol. The Morgan fingerprint density at radius 2 is 2.00 bits per heavy atom. The zero-order valence-electron chi connectivity index (χ0n) is 14.4. The van der Waals surface area contributed by atoms with E-state index >= 15 is 0 Å². The zero-order chi connectivity index (χ0) is 18.6. The molecule has 3 heterocycles. The third-order valence-electron chi connectivity index (χ3n) is 3.77. The SMILES string of the molecule is Cc1nc(-c2ccccc2)c(Cc2nnc(NC(=O)c3cccnc3)o2)s1. The number of amides is 1. The van der Waals surface area contributed by atoms with Gasteiger partial charge in [-0.1, -0.05) is 35.4 Å². The predicted molar refractivity (Wildman–Crippen MR) is 102 cm³/mol. The van der Waals surface area contributed by atoms with Crippen LogP contribution in [-0.4, -0.2) is 26.1 Å². The number of thiazole rings is 1. The quantitative estimate of drug-likeness (QED) is 0.569. The van der Waals surface area contributed by atoms with Gasteiger partial charge in [0.15, 0.2) is 0 Å². The fraction of sp³-hybridized carbons (Fsp3) is 0.105. The second-order valence-electron chi connectivity index (χ2n) is 5.74. The number of pyridine rings is 1. The maximum atomic E-state index is 12.1. The molecule has 1 N–H and O–H groups in total. The molecule has 4 aromatic rings.